The summed E-state index contributed by atoms with van der Waals surface area (Å²) < 4.78 is 13.0. The van der Waals surface area contributed by atoms with Crippen LogP contribution < -0.4 is 5.32 Å². The number of halogens is 2. The van der Waals surface area contributed by atoms with Gasteiger partial charge >= 0.3 is 0 Å². The van der Waals surface area contributed by atoms with E-state index in [0.717, 1.165) is 5.69 Å². The van der Waals surface area contributed by atoms with Crippen LogP contribution in [-0.4, -0.2) is 15.0 Å². The number of pyridine rings is 1. The molecule has 0 aliphatic heterocycles. The van der Waals surface area contributed by atoms with Crippen LogP contribution in [0.5, 0.6) is 0 Å². The summed E-state index contributed by atoms with van der Waals surface area (Å²) in [6, 6.07) is 13.3. The average Bonchev–Trinajstić information content (AvgIpc) is 2.54. The molecule has 0 aliphatic carbocycles. The third-order valence-electron chi connectivity index (χ3n) is 2.97. The van der Waals surface area contributed by atoms with Crippen molar-refractivity contribution in [2.45, 2.75) is 6.54 Å². The van der Waals surface area contributed by atoms with Gasteiger partial charge < -0.3 is 5.32 Å². The van der Waals surface area contributed by atoms with Gasteiger partial charge in [-0.3, -0.25) is 4.98 Å². The van der Waals surface area contributed by atoms with Crippen LogP contribution in [0.15, 0.2) is 54.7 Å². The number of hydrogen-bond acceptors (Lipinski definition) is 4. The van der Waals surface area contributed by atoms with Gasteiger partial charge in [-0.05, 0) is 36.4 Å². The SMILES string of the molecule is Fc1ccc(-c2nc(Cl)cc(NCc3ccccn3)n2)cc1. The molecule has 3 rings (SSSR count). The van der Waals surface area contributed by atoms with Gasteiger partial charge in [0.05, 0.1) is 12.2 Å². The van der Waals surface area contributed by atoms with Crippen molar-refractivity contribution < 1.29 is 4.39 Å². The Morgan fingerprint density at radius 3 is 2.59 bits per heavy atom. The minimum Gasteiger partial charge on any atom is -0.364 e. The zero-order valence-electron chi connectivity index (χ0n) is 11.5. The quantitative estimate of drug-likeness (QED) is 0.741. The number of nitrogens with one attached hydrogen (secondary N) is 1. The van der Waals surface area contributed by atoms with Crippen LogP contribution in [0.25, 0.3) is 11.4 Å². The standard InChI is InChI=1S/C16H12ClFN4/c17-14-9-15(20-10-13-3-1-2-8-19-13)22-16(21-14)11-4-6-12(18)7-5-11/h1-9H,10H2,(H,20,21,22). The van der Waals surface area contributed by atoms with Gasteiger partial charge in [-0.25, -0.2) is 14.4 Å². The van der Waals surface area contributed by atoms with Crippen LogP contribution in [0.4, 0.5) is 10.2 Å². The summed E-state index contributed by atoms with van der Waals surface area (Å²) in [7, 11) is 0. The number of aromatic nitrogens is 3. The summed E-state index contributed by atoms with van der Waals surface area (Å²) >= 11 is 6.03. The first-order valence-corrected chi connectivity index (χ1v) is 7.03. The van der Waals surface area contributed by atoms with E-state index < -0.39 is 0 Å². The molecular weight excluding hydrogens is 303 g/mol. The maximum absolute atomic E-state index is 13.0. The molecule has 0 aliphatic rings. The Morgan fingerprint density at radius 1 is 1.05 bits per heavy atom. The summed E-state index contributed by atoms with van der Waals surface area (Å²) in [6.07, 6.45) is 1.73. The lowest BCUT2D eigenvalue weighted by Crippen LogP contribution is -2.04. The lowest BCUT2D eigenvalue weighted by Gasteiger charge is -2.08. The van der Waals surface area contributed by atoms with Crippen molar-refractivity contribution in [2.75, 3.05) is 5.32 Å². The molecule has 0 fully saturated rings. The number of hydrogen-bond donors (Lipinski definition) is 1. The Kier molecular flexibility index (Phi) is 4.25. The van der Waals surface area contributed by atoms with Crippen LogP contribution in [-0.2, 0) is 6.54 Å². The molecule has 6 heteroatoms. The highest BCUT2D eigenvalue weighted by molar-refractivity contribution is 6.29. The highest BCUT2D eigenvalue weighted by Crippen LogP contribution is 2.20. The second-order valence-electron chi connectivity index (χ2n) is 4.58. The van der Waals surface area contributed by atoms with Crippen molar-refractivity contribution in [3.63, 3.8) is 0 Å². The van der Waals surface area contributed by atoms with Crippen LogP contribution >= 0.6 is 11.6 Å². The second-order valence-corrected chi connectivity index (χ2v) is 4.97. The predicted molar refractivity (Wildman–Crippen MR) is 84.0 cm³/mol. The predicted octanol–water partition coefficient (Wildman–Crippen LogP) is 3.94. The molecule has 4 nitrogen and oxygen atoms in total. The second kappa shape index (κ2) is 6.49. The molecule has 110 valence electrons. The molecule has 1 aromatic carbocycles. The number of benzene rings is 1. The fourth-order valence-electron chi connectivity index (χ4n) is 1.92. The largest absolute Gasteiger partial charge is 0.364 e. The summed E-state index contributed by atoms with van der Waals surface area (Å²) in [6.45, 7) is 0.525. The van der Waals surface area contributed by atoms with E-state index in [9.17, 15) is 4.39 Å². The van der Waals surface area contributed by atoms with Gasteiger partial charge in [0.1, 0.15) is 16.8 Å². The zero-order chi connectivity index (χ0) is 15.4. The number of rotatable bonds is 4. The minimum absolute atomic E-state index is 0.306. The molecule has 0 saturated carbocycles. The van der Waals surface area contributed by atoms with Crippen molar-refractivity contribution in [2.24, 2.45) is 0 Å². The first kappa shape index (κ1) is 14.4. The van der Waals surface area contributed by atoms with Gasteiger partial charge in [0, 0.05) is 17.8 Å². The van der Waals surface area contributed by atoms with Gasteiger partial charge in [-0.2, -0.15) is 0 Å². The van der Waals surface area contributed by atoms with Crippen LogP contribution in [0.1, 0.15) is 5.69 Å². The summed E-state index contributed by atoms with van der Waals surface area (Å²) in [4.78, 5) is 12.8. The van der Waals surface area contributed by atoms with Crippen molar-refractivity contribution in [3.8, 4) is 11.4 Å². The Bertz CT molecular complexity index is 763. The monoisotopic (exact) mass is 314 g/mol. The van der Waals surface area contributed by atoms with E-state index in [1.807, 2.05) is 18.2 Å². The topological polar surface area (TPSA) is 50.7 Å². The Balaban J connectivity index is 1.82. The molecule has 22 heavy (non-hydrogen) atoms. The lowest BCUT2D eigenvalue weighted by atomic mass is 10.2. The van der Waals surface area contributed by atoms with Crippen molar-refractivity contribution in [1.82, 2.24) is 15.0 Å². The van der Waals surface area contributed by atoms with Crippen molar-refractivity contribution in [1.29, 1.82) is 0 Å². The molecule has 2 aromatic heterocycles. The first-order chi connectivity index (χ1) is 10.7. The Hall–Kier alpha value is -2.53. The van der Waals surface area contributed by atoms with E-state index in [1.165, 1.54) is 12.1 Å². The molecule has 0 atom stereocenters. The molecule has 3 aromatic rings. The molecule has 2 heterocycles. The molecule has 0 radical (unpaired) electrons. The van der Waals surface area contributed by atoms with E-state index >= 15 is 0 Å². The fraction of sp³-hybridized carbons (Fsp3) is 0.0625. The molecule has 0 spiro atoms. The number of nitrogens with zero attached hydrogens (tertiary/aromatic N) is 3. The lowest BCUT2D eigenvalue weighted by molar-refractivity contribution is 0.628. The summed E-state index contributed by atoms with van der Waals surface area (Å²) in [5, 5.41) is 3.47. The van der Waals surface area contributed by atoms with Crippen molar-refractivity contribution >= 4 is 17.4 Å². The first-order valence-electron chi connectivity index (χ1n) is 6.65. The molecule has 1 N–H and O–H groups in total. The molecule has 0 unspecified atom stereocenters. The fourth-order valence-corrected chi connectivity index (χ4v) is 2.10. The number of anilines is 1. The highest BCUT2D eigenvalue weighted by atomic mass is 35.5. The smallest absolute Gasteiger partial charge is 0.163 e. The Labute approximate surface area is 132 Å². The molecule has 0 saturated heterocycles. The van der Waals surface area contributed by atoms with Gasteiger partial charge in [-0.15, -0.1) is 0 Å². The van der Waals surface area contributed by atoms with E-state index in [4.69, 9.17) is 11.6 Å². The van der Waals surface area contributed by atoms with E-state index in [1.54, 1.807) is 24.4 Å². The molecule has 0 bridgehead atoms. The molecular formula is C16H12ClFN4. The third-order valence-corrected chi connectivity index (χ3v) is 3.17. The normalized spacial score (nSPS) is 10.5. The summed E-state index contributed by atoms with van der Waals surface area (Å²) in [5.74, 6) is 0.722. The average molecular weight is 315 g/mol. The van der Waals surface area contributed by atoms with Gasteiger partial charge in [0.2, 0.25) is 0 Å². The van der Waals surface area contributed by atoms with E-state index in [-0.39, 0.29) is 5.82 Å². The van der Waals surface area contributed by atoms with Crippen LogP contribution in [0.2, 0.25) is 5.15 Å². The van der Waals surface area contributed by atoms with E-state index in [0.29, 0.717) is 28.9 Å². The van der Waals surface area contributed by atoms with Gasteiger partial charge in [-0.1, -0.05) is 17.7 Å². The van der Waals surface area contributed by atoms with Crippen LogP contribution in [0, 0.1) is 5.82 Å². The Morgan fingerprint density at radius 2 is 1.86 bits per heavy atom. The maximum Gasteiger partial charge on any atom is 0.163 e. The van der Waals surface area contributed by atoms with Gasteiger partial charge in [0.15, 0.2) is 5.82 Å². The minimum atomic E-state index is -0.306. The van der Waals surface area contributed by atoms with Crippen LogP contribution in [0.3, 0.4) is 0 Å². The van der Waals surface area contributed by atoms with Crippen molar-refractivity contribution in [3.05, 3.63) is 71.4 Å². The zero-order valence-corrected chi connectivity index (χ0v) is 12.3. The maximum atomic E-state index is 13.0. The third kappa shape index (κ3) is 3.56. The highest BCUT2D eigenvalue weighted by Gasteiger charge is 2.06. The van der Waals surface area contributed by atoms with E-state index in [2.05, 4.69) is 20.3 Å². The van der Waals surface area contributed by atoms with Gasteiger partial charge in [0.25, 0.3) is 0 Å². The molecule has 0 amide bonds. The summed E-state index contributed by atoms with van der Waals surface area (Å²) in [5.41, 5.74) is 1.59.